The van der Waals surface area contributed by atoms with Crippen LogP contribution in [0.15, 0.2) is 61.1 Å². The topological polar surface area (TPSA) is 74.2 Å². The van der Waals surface area contributed by atoms with Gasteiger partial charge in [-0.3, -0.25) is 4.79 Å². The number of amides is 1. The maximum absolute atomic E-state index is 12.4. The lowest BCUT2D eigenvalue weighted by molar-refractivity contribution is 0.102. The van der Waals surface area contributed by atoms with Gasteiger partial charge in [0.1, 0.15) is 5.82 Å². The molecule has 28 heavy (non-hydrogen) atoms. The molecular weight excluding hydrogens is 352 g/mol. The van der Waals surface area contributed by atoms with Gasteiger partial charge in [-0.05, 0) is 30.7 Å². The van der Waals surface area contributed by atoms with Crippen molar-refractivity contribution in [2.75, 3.05) is 41.3 Å². The second-order valence-corrected chi connectivity index (χ2v) is 6.70. The number of benzene rings is 1. The zero-order valence-corrected chi connectivity index (χ0v) is 15.7. The molecule has 1 fully saturated rings. The van der Waals surface area contributed by atoms with Crippen molar-refractivity contribution in [3.8, 4) is 0 Å². The molecule has 0 aliphatic carbocycles. The first-order chi connectivity index (χ1) is 13.7. The third-order valence-corrected chi connectivity index (χ3v) is 4.82. The van der Waals surface area contributed by atoms with E-state index in [-0.39, 0.29) is 5.91 Å². The number of anilines is 3. The van der Waals surface area contributed by atoms with Crippen molar-refractivity contribution in [2.24, 2.45) is 0 Å². The molecule has 7 nitrogen and oxygen atoms in total. The fraction of sp³-hybridized carbons (Fsp3) is 0.238. The summed E-state index contributed by atoms with van der Waals surface area (Å²) in [7, 11) is 0. The molecule has 1 saturated heterocycles. The van der Waals surface area contributed by atoms with Gasteiger partial charge in [0.2, 0.25) is 5.95 Å². The Morgan fingerprint density at radius 3 is 2.25 bits per heavy atom. The van der Waals surface area contributed by atoms with E-state index < -0.39 is 0 Å². The van der Waals surface area contributed by atoms with Crippen LogP contribution in [0.25, 0.3) is 0 Å². The molecule has 1 N–H and O–H groups in total. The van der Waals surface area contributed by atoms with E-state index in [0.29, 0.717) is 17.2 Å². The largest absolute Gasteiger partial charge is 0.353 e. The highest BCUT2D eigenvalue weighted by molar-refractivity contribution is 6.05. The molecule has 0 saturated carbocycles. The Kier molecular flexibility index (Phi) is 5.14. The molecule has 3 heterocycles. The maximum atomic E-state index is 12.4. The number of aromatic nitrogens is 3. The molecule has 0 bridgehead atoms. The Balaban J connectivity index is 1.36. The van der Waals surface area contributed by atoms with Crippen molar-refractivity contribution < 1.29 is 4.79 Å². The van der Waals surface area contributed by atoms with E-state index in [1.807, 2.05) is 49.5 Å². The van der Waals surface area contributed by atoms with Gasteiger partial charge in [0.15, 0.2) is 0 Å². The van der Waals surface area contributed by atoms with Gasteiger partial charge in [-0.25, -0.2) is 15.0 Å². The van der Waals surface area contributed by atoms with E-state index >= 15 is 0 Å². The fourth-order valence-corrected chi connectivity index (χ4v) is 3.25. The van der Waals surface area contributed by atoms with Crippen LogP contribution in [-0.4, -0.2) is 47.0 Å². The third-order valence-electron chi connectivity index (χ3n) is 4.82. The molecule has 3 aromatic rings. The van der Waals surface area contributed by atoms with Gasteiger partial charge in [-0.15, -0.1) is 0 Å². The lowest BCUT2D eigenvalue weighted by atomic mass is 10.1. The summed E-state index contributed by atoms with van der Waals surface area (Å²) in [5, 5.41) is 2.86. The molecule has 0 unspecified atom stereocenters. The van der Waals surface area contributed by atoms with Crippen LogP contribution in [0.1, 0.15) is 15.9 Å². The van der Waals surface area contributed by atoms with Crippen LogP contribution in [0.5, 0.6) is 0 Å². The highest BCUT2D eigenvalue weighted by atomic mass is 16.1. The number of hydrogen-bond acceptors (Lipinski definition) is 6. The minimum Gasteiger partial charge on any atom is -0.353 e. The number of nitrogens with one attached hydrogen (secondary N) is 1. The summed E-state index contributed by atoms with van der Waals surface area (Å²) in [6, 6.07) is 13.4. The number of carbonyl (C=O) groups is 1. The molecule has 2 aromatic heterocycles. The summed E-state index contributed by atoms with van der Waals surface area (Å²) in [5.74, 6) is 1.52. The SMILES string of the molecule is Cc1ccccc1C(=O)Nc1cnc(N2CCN(c3ccccn3)CC2)nc1. The zero-order chi connectivity index (χ0) is 19.3. The van der Waals surface area contributed by atoms with Crippen molar-refractivity contribution in [1.29, 1.82) is 0 Å². The van der Waals surface area contributed by atoms with E-state index in [2.05, 4.69) is 30.1 Å². The van der Waals surface area contributed by atoms with Crippen molar-refractivity contribution in [1.82, 2.24) is 15.0 Å². The number of carbonyl (C=O) groups excluding carboxylic acids is 1. The molecule has 142 valence electrons. The van der Waals surface area contributed by atoms with Crippen LogP contribution >= 0.6 is 0 Å². The summed E-state index contributed by atoms with van der Waals surface area (Å²) in [5.41, 5.74) is 2.17. The highest BCUT2D eigenvalue weighted by Gasteiger charge is 2.20. The Hall–Kier alpha value is -3.48. The van der Waals surface area contributed by atoms with Gasteiger partial charge in [0, 0.05) is 37.9 Å². The quantitative estimate of drug-likeness (QED) is 0.757. The van der Waals surface area contributed by atoms with Crippen LogP contribution in [-0.2, 0) is 0 Å². The van der Waals surface area contributed by atoms with Crippen LogP contribution in [0.2, 0.25) is 0 Å². The average Bonchev–Trinajstić information content (AvgIpc) is 2.75. The predicted molar refractivity (Wildman–Crippen MR) is 110 cm³/mol. The lowest BCUT2D eigenvalue weighted by Crippen LogP contribution is -2.47. The van der Waals surface area contributed by atoms with E-state index in [1.54, 1.807) is 18.5 Å². The van der Waals surface area contributed by atoms with E-state index in [4.69, 9.17) is 0 Å². The second-order valence-electron chi connectivity index (χ2n) is 6.70. The molecule has 0 atom stereocenters. The van der Waals surface area contributed by atoms with Crippen LogP contribution in [0.4, 0.5) is 17.5 Å². The monoisotopic (exact) mass is 374 g/mol. The summed E-state index contributed by atoms with van der Waals surface area (Å²) in [4.78, 5) is 30.1. The summed E-state index contributed by atoms with van der Waals surface area (Å²) in [6.07, 6.45) is 5.13. The summed E-state index contributed by atoms with van der Waals surface area (Å²) >= 11 is 0. The molecule has 7 heteroatoms. The van der Waals surface area contributed by atoms with Crippen molar-refractivity contribution in [3.05, 3.63) is 72.2 Å². The van der Waals surface area contributed by atoms with Gasteiger partial charge in [-0.2, -0.15) is 0 Å². The Morgan fingerprint density at radius 1 is 0.893 bits per heavy atom. The van der Waals surface area contributed by atoms with E-state index in [9.17, 15) is 4.79 Å². The third kappa shape index (κ3) is 3.93. The Morgan fingerprint density at radius 2 is 1.57 bits per heavy atom. The normalized spacial score (nSPS) is 14.0. The average molecular weight is 374 g/mol. The van der Waals surface area contributed by atoms with Gasteiger partial charge in [-0.1, -0.05) is 24.3 Å². The molecule has 1 aromatic carbocycles. The number of piperazine rings is 1. The van der Waals surface area contributed by atoms with Crippen LogP contribution < -0.4 is 15.1 Å². The van der Waals surface area contributed by atoms with Crippen LogP contribution in [0.3, 0.4) is 0 Å². The Labute approximate surface area is 164 Å². The number of aryl methyl sites for hydroxylation is 1. The number of rotatable bonds is 4. The standard InChI is InChI=1S/C21H22N6O/c1-16-6-2-3-7-18(16)20(28)25-17-14-23-21(24-15-17)27-12-10-26(11-13-27)19-8-4-5-9-22-19/h2-9,14-15H,10-13H2,1H3,(H,25,28). The van der Waals surface area contributed by atoms with Gasteiger partial charge in [0.05, 0.1) is 18.1 Å². The van der Waals surface area contributed by atoms with E-state index in [0.717, 1.165) is 37.6 Å². The maximum Gasteiger partial charge on any atom is 0.256 e. The first-order valence-electron chi connectivity index (χ1n) is 9.31. The number of hydrogen-bond donors (Lipinski definition) is 1. The van der Waals surface area contributed by atoms with Gasteiger partial charge in [0.25, 0.3) is 5.91 Å². The van der Waals surface area contributed by atoms with Crippen molar-refractivity contribution in [3.63, 3.8) is 0 Å². The minimum absolute atomic E-state index is 0.154. The summed E-state index contributed by atoms with van der Waals surface area (Å²) < 4.78 is 0. The first kappa shape index (κ1) is 17.9. The Bertz CT molecular complexity index is 937. The number of pyridine rings is 1. The summed E-state index contributed by atoms with van der Waals surface area (Å²) in [6.45, 7) is 5.30. The van der Waals surface area contributed by atoms with Crippen molar-refractivity contribution >= 4 is 23.4 Å². The molecule has 1 aliphatic rings. The molecule has 1 aliphatic heterocycles. The molecule has 0 radical (unpaired) electrons. The molecule has 1 amide bonds. The minimum atomic E-state index is -0.154. The number of nitrogens with zero attached hydrogens (tertiary/aromatic N) is 5. The first-order valence-corrected chi connectivity index (χ1v) is 9.31. The highest BCUT2D eigenvalue weighted by Crippen LogP contribution is 2.17. The second kappa shape index (κ2) is 8.04. The fourth-order valence-electron chi connectivity index (χ4n) is 3.25. The van der Waals surface area contributed by atoms with Crippen LogP contribution in [0, 0.1) is 6.92 Å². The smallest absolute Gasteiger partial charge is 0.256 e. The van der Waals surface area contributed by atoms with E-state index in [1.165, 1.54) is 0 Å². The van der Waals surface area contributed by atoms with Crippen molar-refractivity contribution in [2.45, 2.75) is 6.92 Å². The van der Waals surface area contributed by atoms with Gasteiger partial charge < -0.3 is 15.1 Å². The predicted octanol–water partition coefficient (Wildman–Crippen LogP) is 2.76. The molecule has 4 rings (SSSR count). The molecular formula is C21H22N6O. The zero-order valence-electron chi connectivity index (χ0n) is 15.7. The lowest BCUT2D eigenvalue weighted by Gasteiger charge is -2.35. The molecule has 0 spiro atoms. The van der Waals surface area contributed by atoms with Gasteiger partial charge >= 0.3 is 0 Å².